The molecule has 0 aromatic heterocycles. The molecule has 0 nitrogen and oxygen atoms in total. The van der Waals surface area contributed by atoms with E-state index in [1.54, 1.807) is 0 Å². The van der Waals surface area contributed by atoms with E-state index in [1.165, 1.54) is 0 Å². The summed E-state index contributed by atoms with van der Waals surface area (Å²) < 4.78 is 277. The van der Waals surface area contributed by atoms with Crippen LogP contribution in [0, 0.1) is 0 Å². The van der Waals surface area contributed by atoms with E-state index >= 15 is 0 Å². The number of rotatable bonds is 4. The molecular weight excluding hydrogens is 649 g/mol. The van der Waals surface area contributed by atoms with Crippen LogP contribution in [0.15, 0.2) is 193 Å². The molecule has 0 amide bonds. The molecule has 12 aromatic rings. The lowest BCUT2D eigenvalue weighted by atomic mass is 9.85. The molecule has 0 unspecified atom stereocenters. The highest BCUT2D eigenvalue weighted by Crippen LogP contribution is 2.45. The van der Waals surface area contributed by atoms with Gasteiger partial charge in [0.15, 0.2) is 0 Å². The second-order valence-corrected chi connectivity index (χ2v) is 12.4. The van der Waals surface area contributed by atoms with Crippen LogP contribution in [-0.2, 0) is 0 Å². The van der Waals surface area contributed by atoms with Gasteiger partial charge in [-0.25, -0.2) is 0 Å². The highest BCUT2D eigenvalue weighted by Gasteiger charge is 2.18. The lowest BCUT2D eigenvalue weighted by Gasteiger charge is -2.19. The zero-order valence-electron chi connectivity index (χ0n) is 57.2. The highest BCUT2D eigenvalue weighted by molar-refractivity contribution is 6.27. The predicted octanol–water partition coefficient (Wildman–Crippen LogP) is 15.3. The average molecular weight is 711 g/mol. The molecule has 0 atom stereocenters. The van der Waals surface area contributed by atoms with Crippen molar-refractivity contribution < 1.29 is 41.1 Å². The van der Waals surface area contributed by atoms with Gasteiger partial charge in [0, 0.05) is 0 Å². The fourth-order valence-electron chi connectivity index (χ4n) is 7.18. The van der Waals surface area contributed by atoms with Gasteiger partial charge in [-0.1, -0.05) is 175 Å². The van der Waals surface area contributed by atoms with Crippen molar-refractivity contribution in [1.29, 1.82) is 0 Å². The molecule has 0 radical (unpaired) electrons. The molecule has 54 heavy (non-hydrogen) atoms. The van der Waals surface area contributed by atoms with E-state index in [9.17, 15) is 21.9 Å². The van der Waals surface area contributed by atoms with Crippen LogP contribution in [0.2, 0.25) is 0 Å². The quantitative estimate of drug-likeness (QED) is 0.160. The Balaban J connectivity index is 1.34. The lowest BCUT2D eigenvalue weighted by molar-refractivity contribution is 1.58. The first-order valence-electron chi connectivity index (χ1n) is 31.4. The van der Waals surface area contributed by atoms with Gasteiger partial charge in [0.2, 0.25) is 0 Å². The topological polar surface area (TPSA) is 0 Å². The van der Waals surface area contributed by atoms with Crippen molar-refractivity contribution in [2.75, 3.05) is 0 Å². The Morgan fingerprint density at radius 2 is 0.815 bits per heavy atom. The first kappa shape index (κ1) is 12.8. The normalized spacial score (nSPS) is 19.9. The predicted molar refractivity (Wildman–Crippen MR) is 233 cm³/mol. The molecule has 0 aliphatic carbocycles. The third-order valence-electron chi connectivity index (χ3n) is 9.53. The van der Waals surface area contributed by atoms with Gasteiger partial charge in [-0.05, 0) is 138 Å². The summed E-state index contributed by atoms with van der Waals surface area (Å²) in [5, 5.41) is -5.63. The molecule has 0 aliphatic rings. The number of hydrogen-bond acceptors (Lipinski definition) is 0. The standard InChI is InChI=1S/C54H32/c1-2-8-33(9-3-1)49-31-40(24-27-45(49)44-25-20-38-18-16-34-11-6-13-36-22-28-47(44)53(38)51(34)36)42-30-41-10-4-5-15-43(41)50(32-42)46-26-21-39-19-17-35-12-7-14-37-23-29-48(46)54(39)52(35)37/h1-32H/i1D,2D,3D,4D,5D,6D,7D,8D,9D,10D,11D,13D,14D,15D,16D,17D,18D,19D,20D,21D,22D,23D,24D,25D,27D,28D,29D,30D,31D,32D. The minimum Gasteiger partial charge on any atom is -0.0622 e. The number of fused-ring (bicyclic) bond motifs is 1. The molecule has 0 N–H and O–H groups in total. The smallest absolute Gasteiger partial charge is 0.0622 e. The van der Waals surface area contributed by atoms with Crippen LogP contribution in [0.3, 0.4) is 0 Å². The van der Waals surface area contributed by atoms with Crippen LogP contribution in [0.1, 0.15) is 41.1 Å². The molecule has 0 bridgehead atoms. The van der Waals surface area contributed by atoms with Gasteiger partial charge in [0.25, 0.3) is 0 Å². The van der Waals surface area contributed by atoms with Crippen molar-refractivity contribution in [3.05, 3.63) is 193 Å². The van der Waals surface area contributed by atoms with Crippen LogP contribution >= 0.6 is 0 Å². The van der Waals surface area contributed by atoms with Crippen LogP contribution < -0.4 is 0 Å². The SMILES string of the molecule is [2H]c1cc2c([2H])c([2H])c3c([2H])cc(-c4c([2H])c(-c5c([2H])c([2H])c(-c6c([2H])c([2H])c7c([2H])c([2H])c8c([2H])c([2H])c([2H])c9c([2H])c([2H])c6c7c89)c(-c6c([2H])c([2H])c([2H])c([2H])c6[2H])c5[2H])c([2H])c5c([2H])c([2H])c([2H])c([2H])c45)c4c([2H])c([2H])c(c1[2H])c2c34. The average Bonchev–Trinajstić information content (AvgIpc) is 1.22. The van der Waals surface area contributed by atoms with E-state index in [1.807, 2.05) is 0 Å². The Morgan fingerprint density at radius 1 is 0.241 bits per heavy atom. The number of hydrogen-bond donors (Lipinski definition) is 0. The second kappa shape index (κ2) is 11.2. The molecule has 0 heteroatoms. The highest BCUT2D eigenvalue weighted by atomic mass is 14.2. The Kier molecular flexibility index (Phi) is 2.67. The lowest BCUT2D eigenvalue weighted by Crippen LogP contribution is -1.92. The maximum absolute atomic E-state index is 10.3. The van der Waals surface area contributed by atoms with Gasteiger partial charge in [0.1, 0.15) is 0 Å². The maximum atomic E-state index is 10.3. The second-order valence-electron chi connectivity index (χ2n) is 12.4. The zero-order chi connectivity index (χ0) is 61.4. The summed E-state index contributed by atoms with van der Waals surface area (Å²) in [6, 6.07) is -24.1. The largest absolute Gasteiger partial charge is 0.0636 e. The monoisotopic (exact) mass is 710 g/mol. The van der Waals surface area contributed by atoms with Gasteiger partial charge < -0.3 is 0 Å². The van der Waals surface area contributed by atoms with Crippen LogP contribution in [-0.4, -0.2) is 0 Å². The summed E-state index contributed by atoms with van der Waals surface area (Å²) in [6.45, 7) is 0. The third kappa shape index (κ3) is 4.26. The van der Waals surface area contributed by atoms with Gasteiger partial charge in [-0.3, -0.25) is 0 Å². The summed E-state index contributed by atoms with van der Waals surface area (Å²) in [4.78, 5) is 0. The molecule has 12 aromatic carbocycles. The Labute approximate surface area is 355 Å². The minimum atomic E-state index is -1.18. The Bertz CT molecular complexity index is 5130. The third-order valence-corrected chi connectivity index (χ3v) is 9.53. The molecule has 0 spiro atoms. The fourth-order valence-corrected chi connectivity index (χ4v) is 7.18. The molecule has 12 rings (SSSR count). The van der Waals surface area contributed by atoms with Gasteiger partial charge in [-0.2, -0.15) is 0 Å². The summed E-state index contributed by atoms with van der Waals surface area (Å²) in [6.07, 6.45) is 0. The molecule has 0 saturated carbocycles. The van der Waals surface area contributed by atoms with Crippen molar-refractivity contribution in [3.63, 3.8) is 0 Å². The van der Waals surface area contributed by atoms with Crippen molar-refractivity contribution >= 4 is 75.4 Å². The maximum Gasteiger partial charge on any atom is 0.0636 e. The first-order chi connectivity index (χ1) is 39.3. The summed E-state index contributed by atoms with van der Waals surface area (Å²) in [5.41, 5.74) is -6.56. The molecule has 248 valence electrons. The minimum absolute atomic E-state index is 0.113. The molecular formula is C54H32. The molecule has 0 fully saturated rings. The summed E-state index contributed by atoms with van der Waals surface area (Å²) in [7, 11) is 0. The van der Waals surface area contributed by atoms with E-state index in [4.69, 9.17) is 19.2 Å². The van der Waals surface area contributed by atoms with E-state index in [0.717, 1.165) is 12.1 Å². The van der Waals surface area contributed by atoms with Crippen molar-refractivity contribution in [1.82, 2.24) is 0 Å². The van der Waals surface area contributed by atoms with Gasteiger partial charge in [-0.15, -0.1) is 0 Å². The van der Waals surface area contributed by atoms with Gasteiger partial charge in [0.05, 0.1) is 41.1 Å². The Morgan fingerprint density at radius 3 is 1.63 bits per heavy atom. The summed E-state index contributed by atoms with van der Waals surface area (Å²) in [5.74, 6) is 0. The van der Waals surface area contributed by atoms with Crippen molar-refractivity contribution in [2.45, 2.75) is 0 Å². The van der Waals surface area contributed by atoms with Crippen LogP contribution in [0.5, 0.6) is 0 Å². The molecule has 0 saturated heterocycles. The van der Waals surface area contributed by atoms with E-state index in [-0.39, 0.29) is 37.7 Å². The van der Waals surface area contributed by atoms with Crippen LogP contribution in [0.25, 0.3) is 120 Å². The van der Waals surface area contributed by atoms with E-state index < -0.39 is 263 Å². The summed E-state index contributed by atoms with van der Waals surface area (Å²) >= 11 is 0. The van der Waals surface area contributed by atoms with Crippen molar-refractivity contribution in [3.8, 4) is 44.5 Å². The van der Waals surface area contributed by atoms with Crippen LogP contribution in [0.4, 0.5) is 0 Å². The van der Waals surface area contributed by atoms with Gasteiger partial charge >= 0.3 is 0 Å². The van der Waals surface area contributed by atoms with E-state index in [0.29, 0.717) is 0 Å². The molecule has 0 heterocycles. The fraction of sp³-hybridized carbons (Fsp3) is 0. The zero-order valence-corrected chi connectivity index (χ0v) is 27.2. The van der Waals surface area contributed by atoms with E-state index in [2.05, 4.69) is 0 Å². The van der Waals surface area contributed by atoms with Crippen molar-refractivity contribution in [2.24, 2.45) is 0 Å². The Hall–Kier alpha value is -7.02. The number of benzene rings is 12. The molecule has 0 aliphatic heterocycles. The first-order valence-corrected chi connectivity index (χ1v) is 16.4.